The third-order valence-electron chi connectivity index (χ3n) is 5.89. The highest BCUT2D eigenvalue weighted by molar-refractivity contribution is 7.99. The number of nitrogens with zero attached hydrogens (tertiary/aromatic N) is 5. The van der Waals surface area contributed by atoms with Gasteiger partial charge in [0.1, 0.15) is 0 Å². The molecule has 0 saturated heterocycles. The highest BCUT2D eigenvalue weighted by atomic mass is 35.5. The predicted octanol–water partition coefficient (Wildman–Crippen LogP) is 4.82. The average molecular weight is 450 g/mol. The maximum absolute atomic E-state index is 13.0. The van der Waals surface area contributed by atoms with Gasteiger partial charge in [-0.2, -0.15) is 0 Å². The Morgan fingerprint density at radius 1 is 1.20 bits per heavy atom. The minimum Gasteiger partial charge on any atom is -0.339 e. The Hall–Kier alpha value is -1.57. The zero-order valence-electron chi connectivity index (χ0n) is 18.3. The molecule has 1 atom stereocenters. The van der Waals surface area contributed by atoms with Crippen LogP contribution in [0.15, 0.2) is 29.4 Å². The minimum atomic E-state index is 0.0765. The molecule has 30 heavy (non-hydrogen) atoms. The second-order valence-corrected chi connectivity index (χ2v) is 9.43. The predicted molar refractivity (Wildman–Crippen MR) is 123 cm³/mol. The Labute approximate surface area is 189 Å². The highest BCUT2D eigenvalue weighted by Gasteiger charge is 2.26. The molecule has 0 spiro atoms. The fraction of sp³-hybridized carbons (Fsp3) is 0.591. The van der Waals surface area contributed by atoms with Crippen LogP contribution in [0.3, 0.4) is 0 Å². The summed E-state index contributed by atoms with van der Waals surface area (Å²) in [7, 11) is 4.04. The van der Waals surface area contributed by atoms with E-state index < -0.39 is 0 Å². The van der Waals surface area contributed by atoms with Crippen LogP contribution >= 0.6 is 23.4 Å². The summed E-state index contributed by atoms with van der Waals surface area (Å²) in [6, 6.07) is 8.11. The fourth-order valence-corrected chi connectivity index (χ4v) is 4.92. The Bertz CT molecular complexity index is 833. The summed E-state index contributed by atoms with van der Waals surface area (Å²) in [5.41, 5.74) is 0.947. The second-order valence-electron chi connectivity index (χ2n) is 8.05. The van der Waals surface area contributed by atoms with E-state index in [-0.39, 0.29) is 11.9 Å². The lowest BCUT2D eigenvalue weighted by atomic mass is 9.94. The van der Waals surface area contributed by atoms with Gasteiger partial charge in [0.05, 0.1) is 11.8 Å². The van der Waals surface area contributed by atoms with Gasteiger partial charge >= 0.3 is 0 Å². The van der Waals surface area contributed by atoms with Crippen LogP contribution in [0, 0.1) is 0 Å². The number of hydrogen-bond donors (Lipinski definition) is 0. The number of amides is 1. The van der Waals surface area contributed by atoms with Gasteiger partial charge < -0.3 is 4.90 Å². The molecule has 3 rings (SSSR count). The van der Waals surface area contributed by atoms with E-state index in [1.54, 1.807) is 0 Å². The Morgan fingerprint density at radius 3 is 2.47 bits per heavy atom. The molecular formula is C22H32ClN5OS. The van der Waals surface area contributed by atoms with Crippen LogP contribution in [0.2, 0.25) is 5.02 Å². The van der Waals surface area contributed by atoms with E-state index in [1.807, 2.05) is 42.9 Å². The monoisotopic (exact) mass is 449 g/mol. The summed E-state index contributed by atoms with van der Waals surface area (Å²) in [6.07, 6.45) is 5.97. The third-order valence-corrected chi connectivity index (χ3v) is 7.06. The van der Waals surface area contributed by atoms with Gasteiger partial charge in [0.25, 0.3) is 0 Å². The van der Waals surface area contributed by atoms with Crippen LogP contribution < -0.4 is 0 Å². The maximum atomic E-state index is 13.0. The van der Waals surface area contributed by atoms with Crippen LogP contribution in [0.1, 0.15) is 57.8 Å². The molecule has 0 bridgehead atoms. The summed E-state index contributed by atoms with van der Waals surface area (Å²) >= 11 is 7.55. The lowest BCUT2D eigenvalue weighted by Crippen LogP contribution is -2.42. The van der Waals surface area contributed by atoms with Crippen LogP contribution in [0.4, 0.5) is 0 Å². The van der Waals surface area contributed by atoms with E-state index in [4.69, 9.17) is 11.6 Å². The van der Waals surface area contributed by atoms with Gasteiger partial charge in [0.2, 0.25) is 5.91 Å². The Balaban J connectivity index is 1.81. The van der Waals surface area contributed by atoms with Crippen molar-refractivity contribution in [3.8, 4) is 5.69 Å². The largest absolute Gasteiger partial charge is 0.339 e. The van der Waals surface area contributed by atoms with Gasteiger partial charge in [-0.25, -0.2) is 0 Å². The molecule has 1 aromatic carbocycles. The molecule has 1 amide bonds. The van der Waals surface area contributed by atoms with Gasteiger partial charge in [-0.1, -0.05) is 42.6 Å². The van der Waals surface area contributed by atoms with Gasteiger partial charge in [-0.05, 0) is 65.0 Å². The fourth-order valence-electron chi connectivity index (χ4n) is 3.95. The molecule has 8 heteroatoms. The van der Waals surface area contributed by atoms with Crippen molar-refractivity contribution in [1.29, 1.82) is 0 Å². The van der Waals surface area contributed by atoms with E-state index in [0.29, 0.717) is 16.8 Å². The van der Waals surface area contributed by atoms with Crippen molar-refractivity contribution >= 4 is 29.3 Å². The molecule has 1 saturated carbocycles. The van der Waals surface area contributed by atoms with Crippen molar-refractivity contribution in [1.82, 2.24) is 24.6 Å². The zero-order chi connectivity index (χ0) is 21.7. The molecule has 0 N–H and O–H groups in total. The molecule has 1 aliphatic rings. The van der Waals surface area contributed by atoms with Gasteiger partial charge in [0, 0.05) is 23.3 Å². The summed E-state index contributed by atoms with van der Waals surface area (Å²) in [4.78, 5) is 17.2. The number of carbonyl (C=O) groups is 1. The molecule has 1 aliphatic carbocycles. The Kier molecular flexibility index (Phi) is 8.20. The van der Waals surface area contributed by atoms with Crippen molar-refractivity contribution in [2.45, 2.75) is 63.2 Å². The van der Waals surface area contributed by atoms with Gasteiger partial charge in [-0.15, -0.1) is 10.2 Å². The lowest BCUT2D eigenvalue weighted by Gasteiger charge is -2.33. The number of rotatable bonds is 8. The number of aromatic nitrogens is 3. The van der Waals surface area contributed by atoms with Crippen molar-refractivity contribution < 1.29 is 4.79 Å². The first-order chi connectivity index (χ1) is 14.4. The first kappa shape index (κ1) is 23.1. The summed E-state index contributed by atoms with van der Waals surface area (Å²) < 4.78 is 2.04. The standard InChI is InChI=1S/C22H32ClN5OS/c1-5-27(18-9-7-6-8-10-18)20(29)15-30-22-25-24-21(16(2)26(3)4)28(22)19-13-11-17(23)12-14-19/h11-14,16,18H,5-10,15H2,1-4H3. The summed E-state index contributed by atoms with van der Waals surface area (Å²) in [6.45, 7) is 4.93. The number of hydrogen-bond acceptors (Lipinski definition) is 5. The topological polar surface area (TPSA) is 54.3 Å². The van der Waals surface area contributed by atoms with Crippen molar-refractivity contribution in [2.24, 2.45) is 0 Å². The van der Waals surface area contributed by atoms with Crippen LogP contribution in [0.5, 0.6) is 0 Å². The van der Waals surface area contributed by atoms with Gasteiger partial charge in [-0.3, -0.25) is 14.3 Å². The van der Waals surface area contributed by atoms with E-state index in [1.165, 1.54) is 31.0 Å². The van der Waals surface area contributed by atoms with Crippen molar-refractivity contribution in [3.05, 3.63) is 35.1 Å². The van der Waals surface area contributed by atoms with Crippen LogP contribution in [0.25, 0.3) is 5.69 Å². The first-order valence-electron chi connectivity index (χ1n) is 10.7. The minimum absolute atomic E-state index is 0.0765. The SMILES string of the molecule is CCN(C(=O)CSc1nnc(C(C)N(C)C)n1-c1ccc(Cl)cc1)C1CCCCC1. The zero-order valence-corrected chi connectivity index (χ0v) is 19.9. The molecular weight excluding hydrogens is 418 g/mol. The number of benzene rings is 1. The molecule has 1 heterocycles. The van der Waals surface area contributed by atoms with E-state index in [2.05, 4.69) is 33.8 Å². The summed E-state index contributed by atoms with van der Waals surface area (Å²) in [5.74, 6) is 1.39. The van der Waals surface area contributed by atoms with E-state index >= 15 is 0 Å². The average Bonchev–Trinajstić information content (AvgIpc) is 3.17. The van der Waals surface area contributed by atoms with Crippen LogP contribution in [-0.2, 0) is 4.79 Å². The molecule has 0 radical (unpaired) electrons. The third kappa shape index (κ3) is 5.37. The molecule has 6 nitrogen and oxygen atoms in total. The quantitative estimate of drug-likeness (QED) is 0.541. The summed E-state index contributed by atoms with van der Waals surface area (Å²) in [5, 5.41) is 10.3. The van der Waals surface area contributed by atoms with Gasteiger partial charge in [0.15, 0.2) is 11.0 Å². The lowest BCUT2D eigenvalue weighted by molar-refractivity contribution is -0.131. The smallest absolute Gasteiger partial charge is 0.233 e. The number of halogens is 1. The van der Waals surface area contributed by atoms with Crippen molar-refractivity contribution in [3.63, 3.8) is 0 Å². The van der Waals surface area contributed by atoms with E-state index in [0.717, 1.165) is 36.1 Å². The second kappa shape index (κ2) is 10.6. The van der Waals surface area contributed by atoms with Crippen molar-refractivity contribution in [2.75, 3.05) is 26.4 Å². The molecule has 1 aromatic heterocycles. The molecule has 1 unspecified atom stereocenters. The molecule has 1 fully saturated rings. The highest BCUT2D eigenvalue weighted by Crippen LogP contribution is 2.29. The number of thioether (sulfide) groups is 1. The Morgan fingerprint density at radius 2 is 1.87 bits per heavy atom. The molecule has 2 aromatic rings. The molecule has 0 aliphatic heterocycles. The van der Waals surface area contributed by atoms with E-state index in [9.17, 15) is 4.79 Å². The number of carbonyl (C=O) groups excluding carboxylic acids is 1. The normalized spacial score (nSPS) is 16.1. The van der Waals surface area contributed by atoms with Crippen LogP contribution in [-0.4, -0.2) is 62.9 Å². The molecule has 164 valence electrons. The maximum Gasteiger partial charge on any atom is 0.233 e. The first-order valence-corrected chi connectivity index (χ1v) is 12.1.